The molecule has 0 amide bonds. The van der Waals surface area contributed by atoms with Crippen LogP contribution in [0.15, 0.2) is 90.4 Å². The molecule has 0 spiro atoms. The Morgan fingerprint density at radius 1 is 0.903 bits per heavy atom. The molecule has 6 heteroatoms. The maximum absolute atomic E-state index is 12.0. The molecule has 0 saturated carbocycles. The van der Waals surface area contributed by atoms with Gasteiger partial charge in [-0.1, -0.05) is 48.5 Å². The van der Waals surface area contributed by atoms with Crippen molar-refractivity contribution in [2.45, 2.75) is 13.2 Å². The number of benzene rings is 2. The highest BCUT2D eigenvalue weighted by molar-refractivity contribution is 7.13. The van der Waals surface area contributed by atoms with Crippen molar-refractivity contribution in [2.24, 2.45) is 0 Å². The van der Waals surface area contributed by atoms with Crippen LogP contribution in [0.1, 0.15) is 17.0 Å². The molecule has 0 N–H and O–H groups in total. The predicted molar refractivity (Wildman–Crippen MR) is 121 cm³/mol. The molecule has 2 heterocycles. The normalized spacial score (nSPS) is 10.8. The van der Waals surface area contributed by atoms with E-state index in [0.29, 0.717) is 6.61 Å². The van der Waals surface area contributed by atoms with E-state index in [1.165, 1.54) is 17.4 Å². The van der Waals surface area contributed by atoms with E-state index in [4.69, 9.17) is 9.47 Å². The first-order valence-corrected chi connectivity index (χ1v) is 10.6. The minimum atomic E-state index is -0.412. The molecule has 4 rings (SSSR count). The SMILES string of the molecule is O=C(C=Cc1ccc(OCc2ccccn2)cc1)OCc1csc(-c2ccccc2)n1. The van der Waals surface area contributed by atoms with Crippen LogP contribution in [0.5, 0.6) is 5.75 Å². The van der Waals surface area contributed by atoms with E-state index < -0.39 is 5.97 Å². The molecule has 0 atom stereocenters. The molecule has 0 aliphatic rings. The van der Waals surface area contributed by atoms with Crippen LogP contribution in [0.3, 0.4) is 0 Å². The van der Waals surface area contributed by atoms with E-state index in [2.05, 4.69) is 9.97 Å². The molecule has 0 fully saturated rings. The third-order valence-electron chi connectivity index (χ3n) is 4.34. The first-order chi connectivity index (χ1) is 15.3. The summed E-state index contributed by atoms with van der Waals surface area (Å²) in [6.07, 6.45) is 4.86. The van der Waals surface area contributed by atoms with Crippen LogP contribution < -0.4 is 4.74 Å². The fourth-order valence-electron chi connectivity index (χ4n) is 2.76. The molecule has 2 aromatic carbocycles. The third kappa shape index (κ3) is 6.10. The molecule has 2 aromatic heterocycles. The lowest BCUT2D eigenvalue weighted by Gasteiger charge is -2.05. The Morgan fingerprint density at radius 2 is 1.71 bits per heavy atom. The van der Waals surface area contributed by atoms with Gasteiger partial charge in [0.1, 0.15) is 24.0 Å². The standard InChI is InChI=1S/C25H20N2O3S/c28-24(30-17-22-18-31-25(27-22)20-6-2-1-3-7-20)14-11-19-9-12-23(13-10-19)29-16-21-8-4-5-15-26-21/h1-15,18H,16-17H2. The lowest BCUT2D eigenvalue weighted by atomic mass is 10.2. The largest absolute Gasteiger partial charge is 0.487 e. The first kappa shape index (κ1) is 20.5. The summed E-state index contributed by atoms with van der Waals surface area (Å²) in [6, 6.07) is 23.1. The molecule has 0 radical (unpaired) electrons. The van der Waals surface area contributed by atoms with Crippen LogP contribution >= 0.6 is 11.3 Å². The number of carbonyl (C=O) groups is 1. The summed E-state index contributed by atoms with van der Waals surface area (Å²) in [5.41, 5.74) is 3.53. The Kier molecular flexibility index (Phi) is 6.82. The van der Waals surface area contributed by atoms with Crippen LogP contribution in [0.25, 0.3) is 16.6 Å². The average Bonchev–Trinajstić information content (AvgIpc) is 3.31. The average molecular weight is 429 g/mol. The van der Waals surface area contributed by atoms with Gasteiger partial charge in [0.15, 0.2) is 0 Å². The number of rotatable bonds is 8. The number of hydrogen-bond donors (Lipinski definition) is 0. The third-order valence-corrected chi connectivity index (χ3v) is 5.28. The van der Waals surface area contributed by atoms with Crippen molar-refractivity contribution < 1.29 is 14.3 Å². The summed E-state index contributed by atoms with van der Waals surface area (Å²) in [5, 5.41) is 2.82. The highest BCUT2D eigenvalue weighted by Crippen LogP contribution is 2.23. The van der Waals surface area contributed by atoms with Crippen molar-refractivity contribution in [1.82, 2.24) is 9.97 Å². The molecule has 0 bridgehead atoms. The maximum atomic E-state index is 12.0. The van der Waals surface area contributed by atoms with Gasteiger partial charge in [0.05, 0.1) is 11.4 Å². The van der Waals surface area contributed by atoms with Gasteiger partial charge in [0, 0.05) is 23.2 Å². The zero-order chi connectivity index (χ0) is 21.3. The quantitative estimate of drug-likeness (QED) is 0.272. The maximum Gasteiger partial charge on any atom is 0.331 e. The number of aromatic nitrogens is 2. The van der Waals surface area contributed by atoms with Crippen LogP contribution in [-0.4, -0.2) is 15.9 Å². The fourth-order valence-corrected chi connectivity index (χ4v) is 3.57. The van der Waals surface area contributed by atoms with E-state index in [0.717, 1.165) is 33.3 Å². The number of thiazole rings is 1. The lowest BCUT2D eigenvalue weighted by molar-refractivity contribution is -0.139. The molecular formula is C25H20N2O3S. The number of carbonyl (C=O) groups excluding carboxylic acids is 1. The fraction of sp³-hybridized carbons (Fsp3) is 0.0800. The molecule has 31 heavy (non-hydrogen) atoms. The highest BCUT2D eigenvalue weighted by Gasteiger charge is 2.06. The van der Waals surface area contributed by atoms with Gasteiger partial charge in [-0.05, 0) is 35.9 Å². The molecule has 0 unspecified atom stereocenters. The van der Waals surface area contributed by atoms with Gasteiger partial charge in [0.2, 0.25) is 0 Å². The van der Waals surface area contributed by atoms with Crippen LogP contribution in [-0.2, 0) is 22.7 Å². The Labute approximate surface area is 184 Å². The van der Waals surface area contributed by atoms with Crippen LogP contribution in [0.4, 0.5) is 0 Å². The topological polar surface area (TPSA) is 61.3 Å². The van der Waals surface area contributed by atoms with E-state index in [9.17, 15) is 4.79 Å². The van der Waals surface area contributed by atoms with E-state index in [1.807, 2.05) is 78.2 Å². The van der Waals surface area contributed by atoms with Crippen LogP contribution in [0, 0.1) is 0 Å². The van der Waals surface area contributed by atoms with Gasteiger partial charge in [-0.3, -0.25) is 4.98 Å². The van der Waals surface area contributed by atoms with Crippen molar-refractivity contribution in [3.8, 4) is 16.3 Å². The summed E-state index contributed by atoms with van der Waals surface area (Å²) in [7, 11) is 0. The molecule has 0 aliphatic carbocycles. The summed E-state index contributed by atoms with van der Waals surface area (Å²) >= 11 is 1.53. The monoisotopic (exact) mass is 428 g/mol. The zero-order valence-electron chi connectivity index (χ0n) is 16.7. The van der Waals surface area contributed by atoms with E-state index in [1.54, 1.807) is 12.3 Å². The minimum absolute atomic E-state index is 0.146. The smallest absolute Gasteiger partial charge is 0.331 e. The van der Waals surface area contributed by atoms with Crippen molar-refractivity contribution >= 4 is 23.4 Å². The minimum Gasteiger partial charge on any atom is -0.487 e. The molecule has 0 saturated heterocycles. The van der Waals surface area contributed by atoms with Gasteiger partial charge < -0.3 is 9.47 Å². The molecule has 4 aromatic rings. The van der Waals surface area contributed by atoms with Gasteiger partial charge in [-0.15, -0.1) is 11.3 Å². The number of pyridine rings is 1. The second-order valence-electron chi connectivity index (χ2n) is 6.63. The Hall–Kier alpha value is -3.77. The number of ether oxygens (including phenoxy) is 2. The summed E-state index contributed by atoms with van der Waals surface area (Å²) < 4.78 is 11.0. The first-order valence-electron chi connectivity index (χ1n) is 9.74. The Bertz CT molecular complexity index is 1140. The molecule has 154 valence electrons. The van der Waals surface area contributed by atoms with Crippen LogP contribution in [0.2, 0.25) is 0 Å². The predicted octanol–water partition coefficient (Wildman–Crippen LogP) is 5.54. The second kappa shape index (κ2) is 10.3. The van der Waals surface area contributed by atoms with Gasteiger partial charge >= 0.3 is 5.97 Å². The number of esters is 1. The van der Waals surface area contributed by atoms with E-state index in [-0.39, 0.29) is 6.61 Å². The summed E-state index contributed by atoms with van der Waals surface area (Å²) in [4.78, 5) is 20.8. The van der Waals surface area contributed by atoms with Gasteiger partial charge in [0.25, 0.3) is 0 Å². The summed E-state index contributed by atoms with van der Waals surface area (Å²) in [6.45, 7) is 0.553. The zero-order valence-corrected chi connectivity index (χ0v) is 17.5. The number of hydrogen-bond acceptors (Lipinski definition) is 6. The van der Waals surface area contributed by atoms with Gasteiger partial charge in [-0.2, -0.15) is 0 Å². The van der Waals surface area contributed by atoms with Crippen molar-refractivity contribution in [1.29, 1.82) is 0 Å². The van der Waals surface area contributed by atoms with Crippen molar-refractivity contribution in [3.63, 3.8) is 0 Å². The molecular weight excluding hydrogens is 408 g/mol. The molecule has 0 aliphatic heterocycles. The molecule has 5 nitrogen and oxygen atoms in total. The van der Waals surface area contributed by atoms with Crippen molar-refractivity contribution in [2.75, 3.05) is 0 Å². The van der Waals surface area contributed by atoms with Crippen molar-refractivity contribution in [3.05, 3.63) is 107 Å². The Balaban J connectivity index is 1.25. The Morgan fingerprint density at radius 3 is 2.48 bits per heavy atom. The summed E-state index contributed by atoms with van der Waals surface area (Å²) in [5.74, 6) is 0.327. The lowest BCUT2D eigenvalue weighted by Crippen LogP contribution is -2.01. The van der Waals surface area contributed by atoms with Gasteiger partial charge in [-0.25, -0.2) is 9.78 Å². The second-order valence-corrected chi connectivity index (χ2v) is 7.49. The number of nitrogens with zero attached hydrogens (tertiary/aromatic N) is 2. The highest BCUT2D eigenvalue weighted by atomic mass is 32.1. The van der Waals surface area contributed by atoms with E-state index >= 15 is 0 Å².